The molecule has 1 aromatic carbocycles. The summed E-state index contributed by atoms with van der Waals surface area (Å²) in [5.41, 5.74) is 0.559. The second-order valence-electron chi connectivity index (χ2n) is 5.35. The summed E-state index contributed by atoms with van der Waals surface area (Å²) in [5.74, 6) is -0.0955. The van der Waals surface area contributed by atoms with Crippen LogP contribution in [-0.2, 0) is 14.3 Å². The van der Waals surface area contributed by atoms with Crippen LogP contribution in [0.2, 0.25) is 0 Å². The van der Waals surface area contributed by atoms with Gasteiger partial charge in [-0.1, -0.05) is 63.4 Å². The zero-order valence-electron chi connectivity index (χ0n) is 11.1. The predicted molar refractivity (Wildman–Crippen MR) is 93.6 cm³/mol. The highest BCUT2D eigenvalue weighted by atomic mass is 127. The lowest BCUT2D eigenvalue weighted by molar-refractivity contribution is -0.141. The number of carbonyl (C=O) groups excluding carboxylic acids is 2. The van der Waals surface area contributed by atoms with Gasteiger partial charge in [0.05, 0.1) is 13.9 Å². The van der Waals surface area contributed by atoms with Gasteiger partial charge in [-0.25, -0.2) is 4.79 Å². The SMILES string of the molecule is O=C1C[C@@H]2[C@@H](C(I)I)[C@H](OC(=O)c3ccccc3)C[C@@H]2O1. The van der Waals surface area contributed by atoms with Gasteiger partial charge in [-0.05, 0) is 12.1 Å². The molecule has 1 aliphatic heterocycles. The molecule has 0 amide bonds. The number of esters is 2. The Morgan fingerprint density at radius 1 is 1.29 bits per heavy atom. The number of benzene rings is 1. The molecule has 2 fully saturated rings. The fourth-order valence-corrected chi connectivity index (χ4v) is 5.15. The van der Waals surface area contributed by atoms with E-state index in [0.29, 0.717) is 20.3 Å². The average molecular weight is 512 g/mol. The lowest BCUT2D eigenvalue weighted by atomic mass is 9.94. The molecule has 0 N–H and O–H groups in total. The van der Waals surface area contributed by atoms with E-state index in [9.17, 15) is 9.59 Å². The Morgan fingerprint density at radius 2 is 2.00 bits per heavy atom. The Balaban J connectivity index is 1.73. The highest BCUT2D eigenvalue weighted by Gasteiger charge is 2.53. The molecule has 0 radical (unpaired) electrons. The van der Waals surface area contributed by atoms with Crippen LogP contribution in [0.5, 0.6) is 0 Å². The van der Waals surface area contributed by atoms with Crippen molar-refractivity contribution in [1.29, 1.82) is 0 Å². The summed E-state index contributed by atoms with van der Waals surface area (Å²) in [6.07, 6.45) is 0.780. The standard InChI is InChI=1S/C15H14I2O4/c16-14(17)13-9-6-12(18)20-10(9)7-11(13)21-15(19)8-4-2-1-3-5-8/h1-5,9-11,13-14H,6-7H2/t9-,10-,11+,13+/m0/s1. The molecule has 2 aliphatic rings. The molecule has 1 aliphatic carbocycles. The number of rotatable bonds is 3. The van der Waals surface area contributed by atoms with Crippen molar-refractivity contribution in [3.63, 3.8) is 0 Å². The van der Waals surface area contributed by atoms with Crippen LogP contribution in [0.3, 0.4) is 0 Å². The van der Waals surface area contributed by atoms with Crippen LogP contribution in [0, 0.1) is 11.8 Å². The van der Waals surface area contributed by atoms with Gasteiger partial charge in [-0.2, -0.15) is 0 Å². The quantitative estimate of drug-likeness (QED) is 0.355. The molecular weight excluding hydrogens is 498 g/mol. The summed E-state index contributed by atoms with van der Waals surface area (Å²) in [5, 5.41) is 0. The van der Waals surface area contributed by atoms with Gasteiger partial charge in [-0.15, -0.1) is 0 Å². The number of carbonyl (C=O) groups is 2. The lowest BCUT2D eigenvalue weighted by Gasteiger charge is -2.24. The zero-order valence-corrected chi connectivity index (χ0v) is 15.4. The first-order chi connectivity index (χ1) is 10.1. The third-order valence-corrected chi connectivity index (χ3v) is 5.77. The van der Waals surface area contributed by atoms with Crippen molar-refractivity contribution < 1.29 is 19.1 Å². The summed E-state index contributed by atoms with van der Waals surface area (Å²) >= 11 is 4.67. The van der Waals surface area contributed by atoms with Crippen molar-refractivity contribution in [1.82, 2.24) is 0 Å². The lowest BCUT2D eigenvalue weighted by Crippen LogP contribution is -2.29. The fraction of sp³-hybridized carbons (Fsp3) is 0.467. The highest BCUT2D eigenvalue weighted by Crippen LogP contribution is 2.47. The first-order valence-corrected chi connectivity index (χ1v) is 9.29. The van der Waals surface area contributed by atoms with Crippen molar-refractivity contribution in [2.24, 2.45) is 11.8 Å². The summed E-state index contributed by atoms with van der Waals surface area (Å²) in [4.78, 5) is 23.7. The number of alkyl halides is 2. The molecule has 0 unspecified atom stereocenters. The van der Waals surface area contributed by atoms with Crippen molar-refractivity contribution in [3.8, 4) is 0 Å². The summed E-state index contributed by atoms with van der Waals surface area (Å²) < 4.78 is 11.3. The van der Waals surface area contributed by atoms with E-state index in [1.807, 2.05) is 18.2 Å². The van der Waals surface area contributed by atoms with E-state index < -0.39 is 0 Å². The van der Waals surface area contributed by atoms with E-state index in [1.54, 1.807) is 12.1 Å². The van der Waals surface area contributed by atoms with Gasteiger partial charge in [-0.3, -0.25) is 4.79 Å². The molecule has 4 nitrogen and oxygen atoms in total. The van der Waals surface area contributed by atoms with E-state index in [-0.39, 0.29) is 36.0 Å². The monoisotopic (exact) mass is 512 g/mol. The molecule has 0 aromatic heterocycles. The molecule has 21 heavy (non-hydrogen) atoms. The van der Waals surface area contributed by atoms with Crippen molar-refractivity contribution in [3.05, 3.63) is 35.9 Å². The van der Waals surface area contributed by atoms with Crippen LogP contribution in [-0.4, -0.2) is 26.1 Å². The Kier molecular flexibility index (Phi) is 4.72. The second-order valence-corrected chi connectivity index (χ2v) is 10.4. The third-order valence-electron chi connectivity index (χ3n) is 4.11. The molecule has 1 saturated carbocycles. The number of ether oxygens (including phenoxy) is 2. The molecule has 6 heteroatoms. The largest absolute Gasteiger partial charge is 0.462 e. The third kappa shape index (κ3) is 3.20. The second kappa shape index (κ2) is 6.39. The molecule has 3 rings (SSSR count). The molecular formula is C15H14I2O4. The summed E-state index contributed by atoms with van der Waals surface area (Å²) in [6.45, 7) is 0. The molecule has 1 heterocycles. The molecule has 0 spiro atoms. The maximum atomic E-state index is 12.2. The smallest absolute Gasteiger partial charge is 0.338 e. The van der Waals surface area contributed by atoms with Crippen molar-refractivity contribution in [2.45, 2.75) is 27.0 Å². The van der Waals surface area contributed by atoms with E-state index in [4.69, 9.17) is 9.47 Å². The molecule has 1 saturated heterocycles. The highest BCUT2D eigenvalue weighted by molar-refractivity contribution is 14.2. The Morgan fingerprint density at radius 3 is 2.67 bits per heavy atom. The van der Waals surface area contributed by atoms with Crippen LogP contribution < -0.4 is 0 Å². The molecule has 112 valence electrons. The minimum atomic E-state index is -0.301. The Hall–Kier alpha value is -0.380. The minimum Gasteiger partial charge on any atom is -0.462 e. The maximum absolute atomic E-state index is 12.2. The van der Waals surface area contributed by atoms with E-state index >= 15 is 0 Å². The number of hydrogen-bond donors (Lipinski definition) is 0. The van der Waals surface area contributed by atoms with Crippen LogP contribution in [0.4, 0.5) is 0 Å². The molecule has 0 bridgehead atoms. The first kappa shape index (κ1) is 15.5. The molecule has 4 atom stereocenters. The van der Waals surface area contributed by atoms with E-state index in [0.717, 1.165) is 0 Å². The number of halogens is 2. The van der Waals surface area contributed by atoms with E-state index in [1.165, 1.54) is 0 Å². The molecule has 1 aromatic rings. The Labute approximate surface area is 150 Å². The van der Waals surface area contributed by atoms with Gasteiger partial charge in [0, 0.05) is 18.3 Å². The number of hydrogen-bond acceptors (Lipinski definition) is 4. The normalized spacial score (nSPS) is 31.1. The fourth-order valence-electron chi connectivity index (χ4n) is 3.15. The summed E-state index contributed by atoms with van der Waals surface area (Å²) in [6, 6.07) is 9.00. The van der Waals surface area contributed by atoms with Crippen LogP contribution >= 0.6 is 45.2 Å². The topological polar surface area (TPSA) is 52.6 Å². The van der Waals surface area contributed by atoms with Crippen LogP contribution in [0.25, 0.3) is 0 Å². The van der Waals surface area contributed by atoms with Gasteiger partial charge < -0.3 is 9.47 Å². The van der Waals surface area contributed by atoms with Gasteiger partial charge in [0.15, 0.2) is 0 Å². The zero-order chi connectivity index (χ0) is 15.0. The van der Waals surface area contributed by atoms with Gasteiger partial charge in [0.1, 0.15) is 12.2 Å². The van der Waals surface area contributed by atoms with Gasteiger partial charge in [0.25, 0.3) is 0 Å². The van der Waals surface area contributed by atoms with Crippen LogP contribution in [0.1, 0.15) is 23.2 Å². The maximum Gasteiger partial charge on any atom is 0.338 e. The average Bonchev–Trinajstić information content (AvgIpc) is 2.94. The van der Waals surface area contributed by atoms with Gasteiger partial charge in [0.2, 0.25) is 0 Å². The minimum absolute atomic E-state index is 0.0943. The van der Waals surface area contributed by atoms with E-state index in [2.05, 4.69) is 45.2 Å². The van der Waals surface area contributed by atoms with Crippen LogP contribution in [0.15, 0.2) is 30.3 Å². The number of fused-ring (bicyclic) bond motifs is 1. The van der Waals surface area contributed by atoms with Gasteiger partial charge >= 0.3 is 11.9 Å². The van der Waals surface area contributed by atoms with Crippen molar-refractivity contribution >= 4 is 57.1 Å². The predicted octanol–water partition coefficient (Wildman–Crippen LogP) is 3.36. The summed E-state index contributed by atoms with van der Waals surface area (Å²) in [7, 11) is 0. The first-order valence-electron chi connectivity index (χ1n) is 6.80. The Bertz CT molecular complexity index is 546. The van der Waals surface area contributed by atoms with Crippen molar-refractivity contribution in [2.75, 3.05) is 0 Å².